The molecule has 0 rings (SSSR count). The van der Waals surface area contributed by atoms with Crippen LogP contribution in [-0.2, 0) is 0 Å². The minimum absolute atomic E-state index is 0.481. The SMILES string of the molecule is BCCNCC(C)(C)CC. The molecule has 0 bridgehead atoms. The summed E-state index contributed by atoms with van der Waals surface area (Å²) in [6.07, 6.45) is 2.49. The van der Waals surface area contributed by atoms with Crippen molar-refractivity contribution in [3.05, 3.63) is 0 Å². The fourth-order valence-corrected chi connectivity index (χ4v) is 0.729. The Balaban J connectivity index is 3.28. The second-order valence-corrected chi connectivity index (χ2v) is 3.69. The largest absolute Gasteiger partial charge is 0.317 e. The van der Waals surface area contributed by atoms with Gasteiger partial charge < -0.3 is 5.32 Å². The molecule has 1 nitrogen and oxygen atoms in total. The van der Waals surface area contributed by atoms with Gasteiger partial charge in [-0.05, 0) is 18.4 Å². The summed E-state index contributed by atoms with van der Waals surface area (Å²) in [5.41, 5.74) is 0.481. The lowest BCUT2D eigenvalue weighted by Crippen LogP contribution is -2.29. The molecular weight excluding hydrogens is 121 g/mol. The molecular formula is C8H20BN. The van der Waals surface area contributed by atoms with E-state index in [4.69, 9.17) is 0 Å². The van der Waals surface area contributed by atoms with Crippen LogP contribution in [0.1, 0.15) is 27.2 Å². The van der Waals surface area contributed by atoms with E-state index >= 15 is 0 Å². The quantitative estimate of drug-likeness (QED) is 0.446. The number of hydrogen-bond acceptors (Lipinski definition) is 1. The normalized spacial score (nSPS) is 11.9. The van der Waals surface area contributed by atoms with E-state index in [2.05, 4.69) is 33.9 Å². The van der Waals surface area contributed by atoms with E-state index in [1.807, 2.05) is 0 Å². The van der Waals surface area contributed by atoms with Crippen molar-refractivity contribution in [1.29, 1.82) is 0 Å². The molecule has 0 aromatic carbocycles. The average molecular weight is 141 g/mol. The lowest BCUT2D eigenvalue weighted by molar-refractivity contribution is 0.332. The third-order valence-electron chi connectivity index (χ3n) is 1.99. The van der Waals surface area contributed by atoms with E-state index < -0.39 is 0 Å². The van der Waals surface area contributed by atoms with Gasteiger partial charge in [0.05, 0.1) is 0 Å². The van der Waals surface area contributed by atoms with Crippen molar-refractivity contribution in [2.75, 3.05) is 13.1 Å². The van der Waals surface area contributed by atoms with Gasteiger partial charge in [-0.25, -0.2) is 0 Å². The molecule has 0 saturated carbocycles. The van der Waals surface area contributed by atoms with Crippen LogP contribution in [0, 0.1) is 5.41 Å². The van der Waals surface area contributed by atoms with Gasteiger partial charge >= 0.3 is 0 Å². The first kappa shape index (κ1) is 10.0. The molecule has 1 N–H and O–H groups in total. The predicted molar refractivity (Wildman–Crippen MR) is 50.3 cm³/mol. The van der Waals surface area contributed by atoms with E-state index in [9.17, 15) is 0 Å². The van der Waals surface area contributed by atoms with Gasteiger partial charge in [0, 0.05) is 6.54 Å². The van der Waals surface area contributed by atoms with Crippen molar-refractivity contribution in [1.82, 2.24) is 5.32 Å². The molecule has 60 valence electrons. The first-order valence-electron chi connectivity index (χ1n) is 4.33. The Labute approximate surface area is 66.0 Å². The third kappa shape index (κ3) is 4.86. The average Bonchev–Trinajstić information content (AvgIpc) is 1.89. The van der Waals surface area contributed by atoms with Crippen molar-refractivity contribution >= 4 is 7.85 Å². The molecule has 10 heavy (non-hydrogen) atoms. The van der Waals surface area contributed by atoms with Gasteiger partial charge in [0.25, 0.3) is 0 Å². The van der Waals surface area contributed by atoms with Crippen LogP contribution >= 0.6 is 0 Å². The molecule has 0 radical (unpaired) electrons. The van der Waals surface area contributed by atoms with Gasteiger partial charge in [-0.3, -0.25) is 0 Å². The minimum Gasteiger partial charge on any atom is -0.317 e. The van der Waals surface area contributed by atoms with Crippen LogP contribution in [-0.4, -0.2) is 20.9 Å². The van der Waals surface area contributed by atoms with Crippen LogP contribution < -0.4 is 5.32 Å². The topological polar surface area (TPSA) is 12.0 Å². The van der Waals surface area contributed by atoms with E-state index in [0.717, 1.165) is 13.1 Å². The Hall–Kier alpha value is 0.0249. The Morgan fingerprint density at radius 2 is 2.00 bits per heavy atom. The van der Waals surface area contributed by atoms with Gasteiger partial charge in [0.15, 0.2) is 0 Å². The van der Waals surface area contributed by atoms with E-state index in [-0.39, 0.29) is 0 Å². The van der Waals surface area contributed by atoms with Crippen molar-refractivity contribution < 1.29 is 0 Å². The van der Waals surface area contributed by atoms with Gasteiger partial charge in [-0.15, -0.1) is 0 Å². The van der Waals surface area contributed by atoms with Gasteiger partial charge in [-0.1, -0.05) is 27.1 Å². The summed E-state index contributed by atoms with van der Waals surface area (Å²) in [6.45, 7) is 9.15. The lowest BCUT2D eigenvalue weighted by atomic mass is 9.90. The van der Waals surface area contributed by atoms with Gasteiger partial charge in [0.1, 0.15) is 7.85 Å². The number of nitrogens with one attached hydrogen (secondary N) is 1. The molecule has 0 fully saturated rings. The zero-order valence-corrected chi connectivity index (χ0v) is 7.83. The van der Waals surface area contributed by atoms with Crippen LogP contribution in [0.3, 0.4) is 0 Å². The highest BCUT2D eigenvalue weighted by Gasteiger charge is 2.12. The fourth-order valence-electron chi connectivity index (χ4n) is 0.729. The summed E-state index contributed by atoms with van der Waals surface area (Å²) in [6, 6.07) is 0. The number of hydrogen-bond donors (Lipinski definition) is 1. The van der Waals surface area contributed by atoms with Crippen LogP contribution in [0.25, 0.3) is 0 Å². The van der Waals surface area contributed by atoms with Crippen LogP contribution in [0.15, 0.2) is 0 Å². The molecule has 0 aliphatic heterocycles. The maximum absolute atomic E-state index is 3.43. The van der Waals surface area contributed by atoms with Crippen molar-refractivity contribution in [2.45, 2.75) is 33.5 Å². The Bertz CT molecular complexity index is 81.3. The molecule has 0 heterocycles. The highest BCUT2D eigenvalue weighted by molar-refractivity contribution is 6.08. The first-order valence-corrected chi connectivity index (χ1v) is 4.33. The van der Waals surface area contributed by atoms with Crippen molar-refractivity contribution in [3.8, 4) is 0 Å². The third-order valence-corrected chi connectivity index (χ3v) is 1.99. The van der Waals surface area contributed by atoms with Gasteiger partial charge in [-0.2, -0.15) is 0 Å². The predicted octanol–water partition coefficient (Wildman–Crippen LogP) is 1.06. The van der Waals surface area contributed by atoms with Crippen LogP contribution in [0.5, 0.6) is 0 Å². The summed E-state index contributed by atoms with van der Waals surface area (Å²) >= 11 is 0. The van der Waals surface area contributed by atoms with Crippen LogP contribution in [0.2, 0.25) is 6.32 Å². The second-order valence-electron chi connectivity index (χ2n) is 3.69. The van der Waals surface area contributed by atoms with E-state index in [0.29, 0.717) is 5.41 Å². The smallest absolute Gasteiger partial charge is 0.102 e. The maximum Gasteiger partial charge on any atom is 0.102 e. The molecule has 0 spiro atoms. The molecule has 0 aromatic rings. The molecule has 0 aromatic heterocycles. The van der Waals surface area contributed by atoms with E-state index in [1.165, 1.54) is 12.7 Å². The first-order chi connectivity index (χ1) is 4.62. The fraction of sp³-hybridized carbons (Fsp3) is 1.00. The molecule has 0 aliphatic rings. The molecule has 0 aliphatic carbocycles. The summed E-state index contributed by atoms with van der Waals surface area (Å²) in [5.74, 6) is 0. The standard InChI is InChI=1S/C8H20BN/c1-4-8(2,3)7-10-6-5-9/h10H,4-7,9H2,1-3H3. The Kier molecular flexibility index (Phi) is 4.79. The summed E-state index contributed by atoms with van der Waals surface area (Å²) < 4.78 is 0. The Morgan fingerprint density at radius 3 is 2.40 bits per heavy atom. The maximum atomic E-state index is 3.43. The summed E-state index contributed by atoms with van der Waals surface area (Å²) in [7, 11) is 2.20. The van der Waals surface area contributed by atoms with Crippen molar-refractivity contribution in [3.63, 3.8) is 0 Å². The number of rotatable bonds is 5. The van der Waals surface area contributed by atoms with Gasteiger partial charge in [0.2, 0.25) is 0 Å². The zero-order valence-electron chi connectivity index (χ0n) is 7.83. The minimum atomic E-state index is 0.481. The molecule has 0 amide bonds. The monoisotopic (exact) mass is 141 g/mol. The van der Waals surface area contributed by atoms with Crippen molar-refractivity contribution in [2.24, 2.45) is 5.41 Å². The summed E-state index contributed by atoms with van der Waals surface area (Å²) in [5, 5.41) is 3.43. The molecule has 0 atom stereocenters. The molecule has 0 unspecified atom stereocenters. The van der Waals surface area contributed by atoms with Crippen LogP contribution in [0.4, 0.5) is 0 Å². The molecule has 2 heteroatoms. The second kappa shape index (κ2) is 4.78. The summed E-state index contributed by atoms with van der Waals surface area (Å²) in [4.78, 5) is 0. The Morgan fingerprint density at radius 1 is 1.40 bits per heavy atom. The molecule has 0 saturated heterocycles. The van der Waals surface area contributed by atoms with E-state index in [1.54, 1.807) is 0 Å². The lowest BCUT2D eigenvalue weighted by Gasteiger charge is -2.22. The highest BCUT2D eigenvalue weighted by Crippen LogP contribution is 2.17. The zero-order chi connectivity index (χ0) is 8.04. The highest BCUT2D eigenvalue weighted by atomic mass is 14.9.